The highest BCUT2D eigenvalue weighted by Crippen LogP contribution is 2.33. The molecule has 0 aromatic carbocycles. The van der Waals surface area contributed by atoms with Crippen LogP contribution in [-0.4, -0.2) is 35.1 Å². The average molecular weight is 227 g/mol. The van der Waals surface area contributed by atoms with Gasteiger partial charge in [0.15, 0.2) is 0 Å². The van der Waals surface area contributed by atoms with Gasteiger partial charge in [0.25, 0.3) is 0 Å². The Morgan fingerprint density at radius 3 is 2.56 bits per heavy atom. The number of rotatable bonds is 3. The summed E-state index contributed by atoms with van der Waals surface area (Å²) in [6.45, 7) is 10.2. The number of carbonyl (C=O) groups excluding carboxylic acids is 1. The van der Waals surface area contributed by atoms with Crippen LogP contribution in [0.15, 0.2) is 0 Å². The van der Waals surface area contributed by atoms with Gasteiger partial charge in [-0.15, -0.1) is 0 Å². The molecule has 0 spiro atoms. The lowest BCUT2D eigenvalue weighted by atomic mass is 9.80. The molecule has 16 heavy (non-hydrogen) atoms. The number of hydrogen-bond acceptors (Lipinski definition) is 2. The van der Waals surface area contributed by atoms with E-state index in [0.29, 0.717) is 24.2 Å². The number of amides is 1. The van der Waals surface area contributed by atoms with Crippen molar-refractivity contribution in [3.63, 3.8) is 0 Å². The molecule has 2 unspecified atom stereocenters. The number of carbonyl (C=O) groups is 1. The van der Waals surface area contributed by atoms with Crippen molar-refractivity contribution in [2.45, 2.75) is 53.1 Å². The first-order valence-corrected chi connectivity index (χ1v) is 6.26. The SMILES string of the molecule is CC(O)CCC(=O)N1CCC(C(C)(C)C)C1. The fourth-order valence-electron chi connectivity index (χ4n) is 2.18. The molecule has 1 heterocycles. The van der Waals surface area contributed by atoms with E-state index in [-0.39, 0.29) is 12.0 Å². The molecule has 0 aromatic rings. The Balaban J connectivity index is 2.38. The first-order valence-electron chi connectivity index (χ1n) is 6.26. The molecule has 1 rings (SSSR count). The van der Waals surface area contributed by atoms with E-state index in [1.165, 1.54) is 0 Å². The Bertz CT molecular complexity index is 243. The molecule has 2 atom stereocenters. The Labute approximate surface area is 98.8 Å². The summed E-state index contributed by atoms with van der Waals surface area (Å²) in [4.78, 5) is 13.8. The molecule has 0 aromatic heterocycles. The van der Waals surface area contributed by atoms with Crippen molar-refractivity contribution in [2.75, 3.05) is 13.1 Å². The maximum absolute atomic E-state index is 11.8. The largest absolute Gasteiger partial charge is 0.393 e. The minimum Gasteiger partial charge on any atom is -0.393 e. The van der Waals surface area contributed by atoms with Gasteiger partial charge in [0.05, 0.1) is 6.10 Å². The molecule has 0 bridgehead atoms. The lowest BCUT2D eigenvalue weighted by Crippen LogP contribution is -2.31. The highest BCUT2D eigenvalue weighted by molar-refractivity contribution is 5.76. The van der Waals surface area contributed by atoms with Gasteiger partial charge in [-0.3, -0.25) is 4.79 Å². The van der Waals surface area contributed by atoms with Crippen molar-refractivity contribution in [3.8, 4) is 0 Å². The molecule has 0 saturated carbocycles. The monoisotopic (exact) mass is 227 g/mol. The standard InChI is InChI=1S/C13H25NO2/c1-10(15)5-6-12(16)14-8-7-11(9-14)13(2,3)4/h10-11,15H,5-9H2,1-4H3. The molecule has 0 radical (unpaired) electrons. The molecule has 1 aliphatic rings. The Hall–Kier alpha value is -0.570. The fourth-order valence-corrected chi connectivity index (χ4v) is 2.18. The summed E-state index contributed by atoms with van der Waals surface area (Å²) in [5.74, 6) is 0.815. The highest BCUT2D eigenvalue weighted by Gasteiger charge is 2.33. The van der Waals surface area contributed by atoms with Gasteiger partial charge >= 0.3 is 0 Å². The predicted molar refractivity (Wildman–Crippen MR) is 65.1 cm³/mol. The van der Waals surface area contributed by atoms with Gasteiger partial charge in [-0.1, -0.05) is 20.8 Å². The van der Waals surface area contributed by atoms with E-state index in [1.54, 1.807) is 6.92 Å². The summed E-state index contributed by atoms with van der Waals surface area (Å²) in [6.07, 6.45) is 1.80. The number of aliphatic hydroxyl groups is 1. The van der Waals surface area contributed by atoms with Crippen LogP contribution in [0.4, 0.5) is 0 Å². The van der Waals surface area contributed by atoms with E-state index >= 15 is 0 Å². The van der Waals surface area contributed by atoms with Gasteiger partial charge in [0.1, 0.15) is 0 Å². The van der Waals surface area contributed by atoms with Crippen LogP contribution in [0.3, 0.4) is 0 Å². The van der Waals surface area contributed by atoms with Gasteiger partial charge < -0.3 is 10.0 Å². The summed E-state index contributed by atoms with van der Waals surface area (Å²) in [5, 5.41) is 9.15. The van der Waals surface area contributed by atoms with E-state index in [2.05, 4.69) is 20.8 Å². The van der Waals surface area contributed by atoms with Crippen LogP contribution in [0.2, 0.25) is 0 Å². The van der Waals surface area contributed by atoms with Crippen LogP contribution < -0.4 is 0 Å². The molecular weight excluding hydrogens is 202 g/mol. The second kappa shape index (κ2) is 5.17. The predicted octanol–water partition coefficient (Wildman–Crippen LogP) is 2.04. The van der Waals surface area contributed by atoms with Crippen molar-refractivity contribution >= 4 is 5.91 Å². The first kappa shape index (κ1) is 13.5. The maximum atomic E-state index is 11.8. The number of nitrogens with zero attached hydrogens (tertiary/aromatic N) is 1. The van der Waals surface area contributed by atoms with Gasteiger partial charge in [0.2, 0.25) is 5.91 Å². The van der Waals surface area contributed by atoms with E-state index in [1.807, 2.05) is 4.90 Å². The van der Waals surface area contributed by atoms with E-state index < -0.39 is 0 Å². The third kappa shape index (κ3) is 3.78. The van der Waals surface area contributed by atoms with Crippen molar-refractivity contribution in [1.29, 1.82) is 0 Å². The fraction of sp³-hybridized carbons (Fsp3) is 0.923. The molecule has 3 nitrogen and oxygen atoms in total. The van der Waals surface area contributed by atoms with Gasteiger partial charge in [-0.25, -0.2) is 0 Å². The average Bonchev–Trinajstić information content (AvgIpc) is 2.61. The molecule has 0 aliphatic carbocycles. The van der Waals surface area contributed by atoms with E-state index in [0.717, 1.165) is 19.5 Å². The maximum Gasteiger partial charge on any atom is 0.222 e. The Morgan fingerprint density at radius 2 is 2.12 bits per heavy atom. The van der Waals surface area contributed by atoms with Crippen LogP contribution in [0.25, 0.3) is 0 Å². The minimum absolute atomic E-state index is 0.202. The van der Waals surface area contributed by atoms with Crippen LogP contribution in [0.1, 0.15) is 47.0 Å². The number of likely N-dealkylation sites (tertiary alicyclic amines) is 1. The Kier molecular flexibility index (Phi) is 4.36. The molecule has 94 valence electrons. The summed E-state index contributed by atoms with van der Waals surface area (Å²) in [6, 6.07) is 0. The first-order chi connectivity index (χ1) is 7.30. The topological polar surface area (TPSA) is 40.5 Å². The normalized spacial score (nSPS) is 23.6. The van der Waals surface area contributed by atoms with Crippen LogP contribution in [-0.2, 0) is 4.79 Å². The number of aliphatic hydroxyl groups excluding tert-OH is 1. The van der Waals surface area contributed by atoms with Gasteiger partial charge in [-0.2, -0.15) is 0 Å². The second-order valence-corrected chi connectivity index (χ2v) is 6.08. The van der Waals surface area contributed by atoms with Crippen LogP contribution in [0, 0.1) is 11.3 Å². The molecule has 1 N–H and O–H groups in total. The summed E-state index contributed by atoms with van der Waals surface area (Å²) in [5.41, 5.74) is 0.291. The quantitative estimate of drug-likeness (QED) is 0.801. The number of hydrogen-bond donors (Lipinski definition) is 1. The van der Waals surface area contributed by atoms with Crippen molar-refractivity contribution in [1.82, 2.24) is 4.90 Å². The van der Waals surface area contributed by atoms with E-state index in [9.17, 15) is 4.79 Å². The third-order valence-corrected chi connectivity index (χ3v) is 3.54. The Morgan fingerprint density at radius 1 is 1.50 bits per heavy atom. The van der Waals surface area contributed by atoms with Crippen molar-refractivity contribution < 1.29 is 9.90 Å². The van der Waals surface area contributed by atoms with Crippen molar-refractivity contribution in [3.05, 3.63) is 0 Å². The lowest BCUT2D eigenvalue weighted by Gasteiger charge is -2.27. The summed E-state index contributed by atoms with van der Waals surface area (Å²) in [7, 11) is 0. The molecule has 1 fully saturated rings. The zero-order chi connectivity index (χ0) is 12.3. The smallest absolute Gasteiger partial charge is 0.222 e. The molecule has 1 aliphatic heterocycles. The molecular formula is C13H25NO2. The van der Waals surface area contributed by atoms with E-state index in [4.69, 9.17) is 5.11 Å². The van der Waals surface area contributed by atoms with Gasteiger partial charge in [0, 0.05) is 19.5 Å². The highest BCUT2D eigenvalue weighted by atomic mass is 16.3. The zero-order valence-corrected chi connectivity index (χ0v) is 11.0. The molecule has 1 amide bonds. The lowest BCUT2D eigenvalue weighted by molar-refractivity contribution is -0.130. The van der Waals surface area contributed by atoms with Crippen LogP contribution >= 0.6 is 0 Å². The zero-order valence-electron chi connectivity index (χ0n) is 11.0. The third-order valence-electron chi connectivity index (χ3n) is 3.54. The summed E-state index contributed by atoms with van der Waals surface area (Å²) < 4.78 is 0. The molecule has 3 heteroatoms. The van der Waals surface area contributed by atoms with Crippen LogP contribution in [0.5, 0.6) is 0 Å². The minimum atomic E-state index is -0.370. The van der Waals surface area contributed by atoms with Crippen molar-refractivity contribution in [2.24, 2.45) is 11.3 Å². The summed E-state index contributed by atoms with van der Waals surface area (Å²) >= 11 is 0. The molecule has 1 saturated heterocycles. The second-order valence-electron chi connectivity index (χ2n) is 6.08. The van der Waals surface area contributed by atoms with Gasteiger partial charge in [-0.05, 0) is 31.1 Å².